The number of pyridine rings is 1. The number of benzene rings is 1. The molecule has 6 heteroatoms. The summed E-state index contributed by atoms with van der Waals surface area (Å²) in [4.78, 5) is 16.2. The van der Waals surface area contributed by atoms with E-state index < -0.39 is 11.7 Å². The Morgan fingerprint density at radius 3 is 2.65 bits per heavy atom. The fraction of sp³-hybridized carbons (Fsp3) is 0.143. The lowest BCUT2D eigenvalue weighted by atomic mass is 10.1. The number of nitrogen functional groups attached to an aromatic ring is 1. The van der Waals surface area contributed by atoms with Crippen LogP contribution in [0, 0.1) is 19.7 Å². The number of amides is 1. The van der Waals surface area contributed by atoms with Crippen molar-refractivity contribution in [3.63, 3.8) is 0 Å². The predicted octanol–water partition coefficient (Wildman–Crippen LogP) is 3.43. The van der Waals surface area contributed by atoms with Crippen LogP contribution in [0.15, 0.2) is 29.0 Å². The van der Waals surface area contributed by atoms with Crippen molar-refractivity contribution >= 4 is 33.2 Å². The predicted molar refractivity (Wildman–Crippen MR) is 80.2 cm³/mol. The molecule has 0 fully saturated rings. The maximum absolute atomic E-state index is 13.9. The van der Waals surface area contributed by atoms with Crippen LogP contribution >= 0.6 is 15.9 Å². The maximum Gasteiger partial charge on any atom is 0.258 e. The molecule has 0 atom stereocenters. The van der Waals surface area contributed by atoms with Gasteiger partial charge in [-0.2, -0.15) is 0 Å². The number of carbonyl (C=O) groups is 1. The van der Waals surface area contributed by atoms with Gasteiger partial charge in [-0.25, -0.2) is 9.37 Å². The number of nitrogens with zero attached hydrogens (tertiary/aromatic N) is 1. The molecule has 0 aliphatic heterocycles. The molecular weight excluding hydrogens is 325 g/mol. The molecule has 2 aromatic rings. The number of anilines is 2. The smallest absolute Gasteiger partial charge is 0.258 e. The number of rotatable bonds is 2. The molecule has 20 heavy (non-hydrogen) atoms. The summed E-state index contributed by atoms with van der Waals surface area (Å²) < 4.78 is 14.6. The van der Waals surface area contributed by atoms with Crippen LogP contribution in [0.5, 0.6) is 0 Å². The highest BCUT2D eigenvalue weighted by Gasteiger charge is 2.15. The van der Waals surface area contributed by atoms with E-state index in [1.54, 1.807) is 13.0 Å². The van der Waals surface area contributed by atoms with E-state index in [9.17, 15) is 9.18 Å². The molecule has 1 amide bonds. The van der Waals surface area contributed by atoms with Crippen molar-refractivity contribution in [1.82, 2.24) is 4.98 Å². The quantitative estimate of drug-likeness (QED) is 0.651. The third-order valence-electron chi connectivity index (χ3n) is 2.79. The van der Waals surface area contributed by atoms with Gasteiger partial charge in [0.05, 0.1) is 17.4 Å². The van der Waals surface area contributed by atoms with Gasteiger partial charge in [-0.1, -0.05) is 0 Å². The highest BCUT2D eigenvalue weighted by Crippen LogP contribution is 2.20. The van der Waals surface area contributed by atoms with Crippen LogP contribution in [0.2, 0.25) is 0 Å². The van der Waals surface area contributed by atoms with Gasteiger partial charge < -0.3 is 11.1 Å². The minimum absolute atomic E-state index is 0.0805. The summed E-state index contributed by atoms with van der Waals surface area (Å²) in [6.45, 7) is 3.41. The molecule has 104 valence electrons. The monoisotopic (exact) mass is 337 g/mol. The Morgan fingerprint density at radius 1 is 1.30 bits per heavy atom. The first-order chi connectivity index (χ1) is 9.38. The number of nitrogens with two attached hydrogens (primary N) is 1. The lowest BCUT2D eigenvalue weighted by Crippen LogP contribution is -2.15. The molecule has 0 saturated heterocycles. The SMILES string of the molecule is Cc1cc(NC(=O)c2cc(N)cc(C)c2F)cnc1Br. The van der Waals surface area contributed by atoms with Gasteiger partial charge in [0.15, 0.2) is 0 Å². The van der Waals surface area contributed by atoms with Gasteiger partial charge in [-0.15, -0.1) is 0 Å². The second kappa shape index (κ2) is 5.58. The topological polar surface area (TPSA) is 68.0 Å². The van der Waals surface area contributed by atoms with Gasteiger partial charge in [0, 0.05) is 5.69 Å². The van der Waals surface area contributed by atoms with Gasteiger partial charge >= 0.3 is 0 Å². The van der Waals surface area contributed by atoms with Crippen molar-refractivity contribution in [1.29, 1.82) is 0 Å². The van der Waals surface area contributed by atoms with E-state index in [-0.39, 0.29) is 5.56 Å². The molecule has 1 heterocycles. The average Bonchev–Trinajstić information content (AvgIpc) is 2.38. The van der Waals surface area contributed by atoms with E-state index in [2.05, 4.69) is 26.2 Å². The fourth-order valence-electron chi connectivity index (χ4n) is 1.79. The van der Waals surface area contributed by atoms with Gasteiger partial charge in [0.25, 0.3) is 5.91 Å². The van der Waals surface area contributed by atoms with Crippen molar-refractivity contribution in [2.24, 2.45) is 0 Å². The van der Waals surface area contributed by atoms with Crippen molar-refractivity contribution in [3.8, 4) is 0 Å². The molecule has 0 aliphatic carbocycles. The van der Waals surface area contributed by atoms with E-state index in [4.69, 9.17) is 5.73 Å². The number of hydrogen-bond acceptors (Lipinski definition) is 3. The summed E-state index contributed by atoms with van der Waals surface area (Å²) in [5, 5.41) is 2.60. The highest BCUT2D eigenvalue weighted by molar-refractivity contribution is 9.10. The van der Waals surface area contributed by atoms with E-state index >= 15 is 0 Å². The van der Waals surface area contributed by atoms with E-state index in [0.717, 1.165) is 5.56 Å². The molecular formula is C14H13BrFN3O. The molecule has 0 aliphatic rings. The number of nitrogens with one attached hydrogen (secondary N) is 1. The first kappa shape index (κ1) is 14.5. The summed E-state index contributed by atoms with van der Waals surface area (Å²) in [5.74, 6) is -1.13. The van der Waals surface area contributed by atoms with Crippen LogP contribution in [-0.4, -0.2) is 10.9 Å². The minimum atomic E-state index is -0.571. The van der Waals surface area contributed by atoms with E-state index in [1.165, 1.54) is 18.3 Å². The van der Waals surface area contributed by atoms with Crippen molar-refractivity contribution in [2.75, 3.05) is 11.1 Å². The van der Waals surface area contributed by atoms with Crippen molar-refractivity contribution in [2.45, 2.75) is 13.8 Å². The molecule has 0 radical (unpaired) electrons. The summed E-state index contributed by atoms with van der Waals surface area (Å²) in [5.41, 5.74) is 7.60. The second-order valence-corrected chi connectivity index (χ2v) is 5.24. The average molecular weight is 338 g/mol. The maximum atomic E-state index is 13.9. The number of halogens is 2. The molecule has 2 rings (SSSR count). The summed E-state index contributed by atoms with van der Waals surface area (Å²) in [6, 6.07) is 4.54. The Labute approximate surface area is 124 Å². The second-order valence-electron chi connectivity index (χ2n) is 4.49. The Morgan fingerprint density at radius 2 is 2.00 bits per heavy atom. The molecule has 4 nitrogen and oxygen atoms in total. The van der Waals surface area contributed by atoms with Gasteiger partial charge in [0.2, 0.25) is 0 Å². The summed E-state index contributed by atoms with van der Waals surface area (Å²) in [6.07, 6.45) is 1.49. The lowest BCUT2D eigenvalue weighted by Gasteiger charge is -2.09. The van der Waals surface area contributed by atoms with Crippen LogP contribution in [0.4, 0.5) is 15.8 Å². The van der Waals surface area contributed by atoms with Gasteiger partial charge in [-0.05, 0) is 59.1 Å². The first-order valence-electron chi connectivity index (χ1n) is 5.87. The number of hydrogen-bond donors (Lipinski definition) is 2. The van der Waals surface area contributed by atoms with E-state index in [0.29, 0.717) is 21.5 Å². The van der Waals surface area contributed by atoms with Crippen LogP contribution in [0.1, 0.15) is 21.5 Å². The van der Waals surface area contributed by atoms with Gasteiger partial charge in [0.1, 0.15) is 10.4 Å². The van der Waals surface area contributed by atoms with E-state index in [1.807, 2.05) is 6.92 Å². The fourth-order valence-corrected chi connectivity index (χ4v) is 2.00. The molecule has 0 saturated carbocycles. The third kappa shape index (κ3) is 2.96. The van der Waals surface area contributed by atoms with Crippen molar-refractivity contribution < 1.29 is 9.18 Å². The zero-order chi connectivity index (χ0) is 14.9. The third-order valence-corrected chi connectivity index (χ3v) is 3.62. The summed E-state index contributed by atoms with van der Waals surface area (Å²) in [7, 11) is 0. The zero-order valence-electron chi connectivity index (χ0n) is 11.0. The largest absolute Gasteiger partial charge is 0.399 e. The molecule has 0 bridgehead atoms. The molecule has 3 N–H and O–H groups in total. The standard InChI is InChI=1S/C14H13BrFN3O/c1-7-3-9(17)5-11(12(7)16)14(20)19-10-4-8(2)13(15)18-6-10/h3-6H,17H2,1-2H3,(H,19,20). The zero-order valence-corrected chi connectivity index (χ0v) is 12.6. The van der Waals surface area contributed by atoms with Crippen LogP contribution in [0.25, 0.3) is 0 Å². The van der Waals surface area contributed by atoms with Crippen molar-refractivity contribution in [3.05, 3.63) is 51.5 Å². The molecule has 0 unspecified atom stereocenters. The normalized spacial score (nSPS) is 10.4. The Kier molecular flexibility index (Phi) is 4.04. The Balaban J connectivity index is 2.30. The molecule has 1 aromatic carbocycles. The number of aromatic nitrogens is 1. The van der Waals surface area contributed by atoms with Gasteiger partial charge in [-0.3, -0.25) is 4.79 Å². The number of carbonyl (C=O) groups excluding carboxylic acids is 1. The first-order valence-corrected chi connectivity index (χ1v) is 6.67. The van der Waals surface area contributed by atoms with Crippen LogP contribution in [-0.2, 0) is 0 Å². The van der Waals surface area contributed by atoms with Crippen LogP contribution < -0.4 is 11.1 Å². The summed E-state index contributed by atoms with van der Waals surface area (Å²) >= 11 is 3.27. The lowest BCUT2D eigenvalue weighted by molar-refractivity contribution is 0.102. The number of aryl methyl sites for hydroxylation is 2. The Hall–Kier alpha value is -1.95. The Bertz CT molecular complexity index is 688. The molecule has 1 aromatic heterocycles. The molecule has 0 spiro atoms. The highest BCUT2D eigenvalue weighted by atomic mass is 79.9. The van der Waals surface area contributed by atoms with Crippen LogP contribution in [0.3, 0.4) is 0 Å². The minimum Gasteiger partial charge on any atom is -0.399 e.